The molecule has 10 heteroatoms. The van der Waals surface area contributed by atoms with Crippen LogP contribution in [-0.4, -0.2) is 52.5 Å². The number of halogens is 3. The van der Waals surface area contributed by atoms with Crippen molar-refractivity contribution in [2.24, 2.45) is 0 Å². The van der Waals surface area contributed by atoms with Gasteiger partial charge in [-0.2, -0.15) is 13.2 Å². The first kappa shape index (κ1) is 19.4. The molecular weight excluding hydrogens is 397 g/mol. The molecule has 28 heavy (non-hydrogen) atoms. The third-order valence-corrected chi connectivity index (χ3v) is 5.77. The third kappa shape index (κ3) is 3.95. The number of fused-ring (bicyclic) bond motifs is 2. The predicted octanol–water partition coefficient (Wildman–Crippen LogP) is 3.14. The van der Waals surface area contributed by atoms with Crippen LogP contribution >= 0.6 is 11.8 Å². The monoisotopic (exact) mass is 414 g/mol. The highest BCUT2D eigenvalue weighted by atomic mass is 32.2. The van der Waals surface area contributed by atoms with Crippen molar-refractivity contribution >= 4 is 11.8 Å². The molecule has 1 aromatic carbocycles. The van der Waals surface area contributed by atoms with Crippen LogP contribution in [0.2, 0.25) is 0 Å². The molecule has 0 amide bonds. The van der Waals surface area contributed by atoms with Crippen molar-refractivity contribution in [3.8, 4) is 17.0 Å². The summed E-state index contributed by atoms with van der Waals surface area (Å²) < 4.78 is 56.1. The van der Waals surface area contributed by atoms with E-state index in [0.29, 0.717) is 17.7 Å². The maximum absolute atomic E-state index is 13.4. The molecule has 0 radical (unpaired) electrons. The lowest BCUT2D eigenvalue weighted by Crippen LogP contribution is -2.40. The Labute approximate surface area is 163 Å². The summed E-state index contributed by atoms with van der Waals surface area (Å²) in [5.41, 5.74) is -0.348. The lowest BCUT2D eigenvalue weighted by Gasteiger charge is -2.30. The number of hydrogen-bond acceptors (Lipinski definition) is 7. The minimum absolute atomic E-state index is 0.0215. The highest BCUT2D eigenvalue weighted by molar-refractivity contribution is 7.99. The second-order valence-electron chi connectivity index (χ2n) is 6.48. The Morgan fingerprint density at radius 2 is 1.96 bits per heavy atom. The van der Waals surface area contributed by atoms with E-state index in [-0.39, 0.29) is 28.8 Å². The minimum atomic E-state index is -4.61. The Balaban J connectivity index is 1.66. The number of aromatic nitrogens is 2. The number of thioether (sulfide) groups is 1. The summed E-state index contributed by atoms with van der Waals surface area (Å²) in [5, 5.41) is 9.69. The number of ether oxygens (including phenoxy) is 3. The normalized spacial score (nSPS) is 27.0. The zero-order chi connectivity index (χ0) is 19.9. The number of methoxy groups -OCH3 is 1. The topological polar surface area (TPSA) is 73.7 Å². The third-order valence-electron chi connectivity index (χ3n) is 4.57. The lowest BCUT2D eigenvalue weighted by atomic mass is 10.1. The molecule has 2 bridgehead atoms. The zero-order valence-corrected chi connectivity index (χ0v) is 15.5. The Kier molecular flexibility index (Phi) is 5.21. The number of aliphatic hydroxyl groups is 1. The zero-order valence-electron chi connectivity index (χ0n) is 14.7. The van der Waals surface area contributed by atoms with E-state index in [4.69, 9.17) is 14.2 Å². The van der Waals surface area contributed by atoms with Gasteiger partial charge in [0.05, 0.1) is 25.5 Å². The fourth-order valence-corrected chi connectivity index (χ4v) is 4.29. The summed E-state index contributed by atoms with van der Waals surface area (Å²) in [5.74, 6) is 0.590. The molecule has 4 rings (SSSR count). The molecular formula is C18H17F3N2O4S. The van der Waals surface area contributed by atoms with E-state index in [0.717, 1.165) is 17.8 Å². The van der Waals surface area contributed by atoms with Crippen molar-refractivity contribution in [2.75, 3.05) is 13.7 Å². The molecule has 6 nitrogen and oxygen atoms in total. The number of hydrogen-bond donors (Lipinski definition) is 1. The van der Waals surface area contributed by atoms with Crippen molar-refractivity contribution in [1.29, 1.82) is 0 Å². The standard InChI is InChI=1S/C18H17F3N2O4S/c1-25-10-4-2-9(3-5-10)11-6-15(18(19,20)21)23-17(22-11)28-14-7-12(24)16-26-8-13(14)27-16/h2-6,12-14,16,24H,7-8H2,1H3/t12-,13-,14+,16-/m1/s1. The largest absolute Gasteiger partial charge is 0.497 e. The van der Waals surface area contributed by atoms with Crippen LogP contribution < -0.4 is 4.74 Å². The van der Waals surface area contributed by atoms with Crippen molar-refractivity contribution in [2.45, 2.75) is 41.5 Å². The van der Waals surface area contributed by atoms with E-state index in [9.17, 15) is 18.3 Å². The Hall–Kier alpha value is -1.88. The van der Waals surface area contributed by atoms with Crippen LogP contribution in [0.25, 0.3) is 11.3 Å². The van der Waals surface area contributed by atoms with Gasteiger partial charge in [0.15, 0.2) is 11.4 Å². The van der Waals surface area contributed by atoms with Gasteiger partial charge in [-0.05, 0) is 36.8 Å². The van der Waals surface area contributed by atoms with E-state index >= 15 is 0 Å². The molecule has 0 saturated carbocycles. The summed E-state index contributed by atoms with van der Waals surface area (Å²) in [6, 6.07) is 7.50. The van der Waals surface area contributed by atoms with E-state index in [1.165, 1.54) is 7.11 Å². The van der Waals surface area contributed by atoms with Crippen LogP contribution in [0, 0.1) is 0 Å². The van der Waals surface area contributed by atoms with Crippen LogP contribution in [0.5, 0.6) is 5.75 Å². The first-order valence-corrected chi connectivity index (χ1v) is 9.44. The molecule has 1 N–H and O–H groups in total. The van der Waals surface area contributed by atoms with Gasteiger partial charge in [-0.1, -0.05) is 11.8 Å². The van der Waals surface area contributed by atoms with E-state index in [1.807, 2.05) is 0 Å². The molecule has 2 fully saturated rings. The molecule has 2 aliphatic rings. The Morgan fingerprint density at radius 3 is 2.64 bits per heavy atom. The van der Waals surface area contributed by atoms with Gasteiger partial charge in [-0.25, -0.2) is 9.97 Å². The van der Waals surface area contributed by atoms with E-state index < -0.39 is 24.3 Å². The van der Waals surface area contributed by atoms with Gasteiger partial charge in [0, 0.05) is 10.8 Å². The number of alkyl halides is 3. The molecule has 2 aromatic rings. The van der Waals surface area contributed by atoms with Crippen molar-refractivity contribution < 1.29 is 32.5 Å². The molecule has 1 aromatic heterocycles. The highest BCUT2D eigenvalue weighted by Gasteiger charge is 2.44. The number of benzene rings is 1. The van der Waals surface area contributed by atoms with Crippen LogP contribution in [0.3, 0.4) is 0 Å². The molecule has 150 valence electrons. The summed E-state index contributed by atoms with van der Waals surface area (Å²) in [7, 11) is 1.51. The summed E-state index contributed by atoms with van der Waals surface area (Å²) >= 11 is 1.06. The van der Waals surface area contributed by atoms with Crippen LogP contribution in [0.4, 0.5) is 13.2 Å². The summed E-state index contributed by atoms with van der Waals surface area (Å²) in [6.45, 7) is 0.281. The molecule has 0 spiro atoms. The fraction of sp³-hybridized carbons (Fsp3) is 0.444. The van der Waals surface area contributed by atoms with Crippen molar-refractivity contribution in [1.82, 2.24) is 9.97 Å². The fourth-order valence-electron chi connectivity index (χ4n) is 3.13. The molecule has 0 aliphatic carbocycles. The molecule has 2 aliphatic heterocycles. The van der Waals surface area contributed by atoms with Gasteiger partial charge in [-0.3, -0.25) is 0 Å². The summed E-state index contributed by atoms with van der Waals surface area (Å²) in [4.78, 5) is 8.00. The van der Waals surface area contributed by atoms with Gasteiger partial charge in [0.2, 0.25) is 0 Å². The quantitative estimate of drug-likeness (QED) is 0.771. The van der Waals surface area contributed by atoms with Crippen LogP contribution in [0.15, 0.2) is 35.5 Å². The molecule has 3 heterocycles. The van der Waals surface area contributed by atoms with Gasteiger partial charge >= 0.3 is 6.18 Å². The van der Waals surface area contributed by atoms with Crippen LogP contribution in [0.1, 0.15) is 12.1 Å². The van der Waals surface area contributed by atoms with Gasteiger partial charge in [-0.15, -0.1) is 0 Å². The van der Waals surface area contributed by atoms with Crippen molar-refractivity contribution in [3.63, 3.8) is 0 Å². The van der Waals surface area contributed by atoms with E-state index in [2.05, 4.69) is 9.97 Å². The van der Waals surface area contributed by atoms with E-state index in [1.54, 1.807) is 24.3 Å². The molecule has 2 saturated heterocycles. The smallest absolute Gasteiger partial charge is 0.433 e. The Morgan fingerprint density at radius 1 is 1.21 bits per heavy atom. The maximum atomic E-state index is 13.4. The predicted molar refractivity (Wildman–Crippen MR) is 93.9 cm³/mol. The second-order valence-corrected chi connectivity index (χ2v) is 7.69. The minimum Gasteiger partial charge on any atom is -0.497 e. The average Bonchev–Trinajstić information content (AvgIpc) is 3.11. The number of nitrogens with zero attached hydrogens (tertiary/aromatic N) is 2. The maximum Gasteiger partial charge on any atom is 0.433 e. The molecule has 0 unspecified atom stereocenters. The molecule has 4 atom stereocenters. The van der Waals surface area contributed by atoms with Gasteiger partial charge in [0.25, 0.3) is 0 Å². The highest BCUT2D eigenvalue weighted by Crippen LogP contribution is 2.39. The van der Waals surface area contributed by atoms with Gasteiger partial charge < -0.3 is 19.3 Å². The first-order valence-electron chi connectivity index (χ1n) is 8.56. The second kappa shape index (κ2) is 7.51. The van der Waals surface area contributed by atoms with Gasteiger partial charge in [0.1, 0.15) is 17.5 Å². The average molecular weight is 414 g/mol. The van der Waals surface area contributed by atoms with Crippen LogP contribution in [-0.2, 0) is 15.7 Å². The number of aliphatic hydroxyl groups excluding tert-OH is 1. The summed E-state index contributed by atoms with van der Waals surface area (Å²) in [6.07, 6.45) is -6.09. The first-order chi connectivity index (χ1) is 13.3. The SMILES string of the molecule is COc1ccc(-c2cc(C(F)(F)F)nc(S[C@H]3C[C@@H](O)[C@@H]4OC[C@H]3O4)n2)cc1. The lowest BCUT2D eigenvalue weighted by molar-refractivity contribution is -0.150. The number of rotatable bonds is 4. The van der Waals surface area contributed by atoms with Crippen molar-refractivity contribution in [3.05, 3.63) is 36.0 Å². The Bertz CT molecular complexity index is 850.